The van der Waals surface area contributed by atoms with Crippen LogP contribution in [0.4, 0.5) is 0 Å². The largest absolute Gasteiger partial charge is 0.493 e. The van der Waals surface area contributed by atoms with Gasteiger partial charge in [-0.25, -0.2) is 0 Å². The molecule has 8 nitrogen and oxygen atoms in total. The Hall–Kier alpha value is -3.13. The second-order valence-corrected chi connectivity index (χ2v) is 7.54. The van der Waals surface area contributed by atoms with E-state index in [1.165, 1.54) is 0 Å². The quantitative estimate of drug-likeness (QED) is 0.766. The fraction of sp³-hybridized carbons (Fsp3) is 0.409. The lowest BCUT2D eigenvalue weighted by Crippen LogP contribution is -2.27. The zero-order chi connectivity index (χ0) is 21.0. The number of methoxy groups -OCH3 is 3. The lowest BCUT2D eigenvalue weighted by molar-refractivity contribution is -0.144. The van der Waals surface area contributed by atoms with Crippen LogP contribution in [-0.2, 0) is 16.0 Å². The van der Waals surface area contributed by atoms with E-state index in [4.69, 9.17) is 28.4 Å². The number of carbonyl (C=O) groups is 1. The summed E-state index contributed by atoms with van der Waals surface area (Å²) in [7, 11) is 4.67. The highest BCUT2D eigenvalue weighted by atomic mass is 16.7. The molecule has 8 heteroatoms. The number of rotatable bonds is 3. The molecule has 2 heterocycles. The first-order valence-electron chi connectivity index (χ1n) is 9.67. The molecular formula is C22H22O8. The first-order valence-corrected chi connectivity index (χ1v) is 9.67. The Morgan fingerprint density at radius 1 is 0.967 bits per heavy atom. The summed E-state index contributed by atoms with van der Waals surface area (Å²) in [5.41, 5.74) is 2.92. The lowest BCUT2D eigenvalue weighted by atomic mass is 9.76. The van der Waals surface area contributed by atoms with Crippen molar-refractivity contribution in [2.75, 3.05) is 34.7 Å². The van der Waals surface area contributed by atoms with E-state index in [-0.39, 0.29) is 19.3 Å². The molecule has 3 aliphatic rings. The van der Waals surface area contributed by atoms with Gasteiger partial charge in [-0.05, 0) is 41.3 Å². The number of esters is 1. The minimum absolute atomic E-state index is 0.0956. The van der Waals surface area contributed by atoms with E-state index < -0.39 is 18.0 Å². The predicted octanol–water partition coefficient (Wildman–Crippen LogP) is 2.49. The van der Waals surface area contributed by atoms with E-state index in [2.05, 4.69) is 0 Å². The van der Waals surface area contributed by atoms with Gasteiger partial charge < -0.3 is 33.5 Å². The van der Waals surface area contributed by atoms with Gasteiger partial charge in [-0.1, -0.05) is 0 Å². The number of fused-ring (bicyclic) bond motifs is 5. The van der Waals surface area contributed by atoms with Crippen molar-refractivity contribution in [2.24, 2.45) is 11.8 Å². The van der Waals surface area contributed by atoms with Crippen molar-refractivity contribution in [2.45, 2.75) is 12.5 Å². The highest BCUT2D eigenvalue weighted by Gasteiger charge is 2.46. The standard InChI is InChI=1S/C22H22O8/c1-25-16-5-10-4-11-8-28-22(24)18(11)19(23)13-7-15-14(29-9-30-15)6-12(13)17(10)21(27-3)20(16)26-2/h5-7,11,18-19,23H,4,8-9H2,1-3H3/t11-,18+,19+/m0/s1. The fourth-order valence-electron chi connectivity index (χ4n) is 4.71. The second-order valence-electron chi connectivity index (χ2n) is 7.54. The molecule has 30 heavy (non-hydrogen) atoms. The summed E-state index contributed by atoms with van der Waals surface area (Å²) in [6.07, 6.45) is -0.548. The van der Waals surface area contributed by atoms with Crippen LogP contribution in [0.2, 0.25) is 0 Å². The Morgan fingerprint density at radius 3 is 2.40 bits per heavy atom. The first kappa shape index (κ1) is 18.9. The van der Waals surface area contributed by atoms with Crippen molar-refractivity contribution in [1.29, 1.82) is 0 Å². The van der Waals surface area contributed by atoms with Gasteiger partial charge in [-0.2, -0.15) is 0 Å². The number of benzene rings is 2. The molecule has 2 aliphatic heterocycles. The van der Waals surface area contributed by atoms with Crippen molar-refractivity contribution in [3.8, 4) is 39.9 Å². The molecule has 1 aliphatic carbocycles. The molecule has 2 aromatic rings. The molecular weight excluding hydrogens is 392 g/mol. The van der Waals surface area contributed by atoms with Crippen LogP contribution in [0.3, 0.4) is 0 Å². The van der Waals surface area contributed by atoms with Gasteiger partial charge in [0.1, 0.15) is 0 Å². The highest BCUT2D eigenvalue weighted by molar-refractivity contribution is 5.85. The summed E-state index contributed by atoms with van der Waals surface area (Å²) < 4.78 is 33.3. The minimum atomic E-state index is -1.06. The maximum Gasteiger partial charge on any atom is 0.312 e. The van der Waals surface area contributed by atoms with Crippen LogP contribution in [0, 0.1) is 11.8 Å². The van der Waals surface area contributed by atoms with Gasteiger partial charge in [0.2, 0.25) is 12.5 Å². The average Bonchev–Trinajstić information content (AvgIpc) is 3.36. The molecule has 0 saturated carbocycles. The maximum absolute atomic E-state index is 12.5. The minimum Gasteiger partial charge on any atom is -0.493 e. The number of carbonyl (C=O) groups excluding carboxylic acids is 1. The van der Waals surface area contributed by atoms with Crippen LogP contribution in [0.5, 0.6) is 28.7 Å². The van der Waals surface area contributed by atoms with Crippen molar-refractivity contribution in [3.63, 3.8) is 0 Å². The number of cyclic esters (lactones) is 1. The summed E-state index contributed by atoms with van der Waals surface area (Å²) in [5, 5.41) is 11.3. The van der Waals surface area contributed by atoms with Gasteiger partial charge in [-0.3, -0.25) is 4.79 Å². The van der Waals surface area contributed by atoms with Gasteiger partial charge in [0, 0.05) is 11.5 Å². The third-order valence-electron chi connectivity index (χ3n) is 6.09. The van der Waals surface area contributed by atoms with Gasteiger partial charge in [0.05, 0.1) is 40.0 Å². The Balaban J connectivity index is 1.85. The predicted molar refractivity (Wildman–Crippen MR) is 104 cm³/mol. The Kier molecular flexibility index (Phi) is 4.39. The normalized spacial score (nSPS) is 23.5. The molecule has 3 atom stereocenters. The lowest BCUT2D eigenvalue weighted by Gasteiger charge is -2.30. The summed E-state index contributed by atoms with van der Waals surface area (Å²) >= 11 is 0. The highest BCUT2D eigenvalue weighted by Crippen LogP contribution is 2.54. The van der Waals surface area contributed by atoms with Gasteiger partial charge in [-0.15, -0.1) is 0 Å². The van der Waals surface area contributed by atoms with Crippen LogP contribution in [-0.4, -0.2) is 45.8 Å². The Bertz CT molecular complexity index is 1030. The molecule has 5 rings (SSSR count). The zero-order valence-corrected chi connectivity index (χ0v) is 16.9. The number of hydrogen-bond donors (Lipinski definition) is 1. The summed E-state index contributed by atoms with van der Waals surface area (Å²) in [4.78, 5) is 12.5. The SMILES string of the molecule is COc1cc2c(c(OC)c1OC)-c1cc3c(cc1[C@@H](O)[C@@H]1C(=O)OC[C@@H]1C2)OCO3. The smallest absolute Gasteiger partial charge is 0.312 e. The van der Waals surface area contributed by atoms with Crippen LogP contribution in [0.25, 0.3) is 11.1 Å². The third-order valence-corrected chi connectivity index (χ3v) is 6.09. The van der Waals surface area contributed by atoms with Crippen molar-refractivity contribution in [1.82, 2.24) is 0 Å². The van der Waals surface area contributed by atoms with E-state index in [9.17, 15) is 9.90 Å². The van der Waals surface area contributed by atoms with Crippen molar-refractivity contribution in [3.05, 3.63) is 29.3 Å². The zero-order valence-electron chi connectivity index (χ0n) is 16.9. The molecule has 1 fully saturated rings. The van der Waals surface area contributed by atoms with Crippen molar-refractivity contribution >= 4 is 5.97 Å². The summed E-state index contributed by atoms with van der Waals surface area (Å²) in [6, 6.07) is 5.44. The summed E-state index contributed by atoms with van der Waals surface area (Å²) in [6.45, 7) is 0.342. The summed E-state index contributed by atoms with van der Waals surface area (Å²) in [5.74, 6) is 1.30. The van der Waals surface area contributed by atoms with Gasteiger partial charge in [0.25, 0.3) is 0 Å². The maximum atomic E-state index is 12.5. The van der Waals surface area contributed by atoms with Crippen molar-refractivity contribution < 1.29 is 38.3 Å². The number of hydrogen-bond acceptors (Lipinski definition) is 8. The van der Waals surface area contributed by atoms with E-state index in [1.807, 2.05) is 12.1 Å². The van der Waals surface area contributed by atoms with E-state index in [0.717, 1.165) is 11.1 Å². The molecule has 0 radical (unpaired) electrons. The van der Waals surface area contributed by atoms with Gasteiger partial charge in [0.15, 0.2) is 23.0 Å². The topological polar surface area (TPSA) is 92.7 Å². The van der Waals surface area contributed by atoms with Crippen LogP contribution < -0.4 is 23.7 Å². The third kappa shape index (κ3) is 2.60. The molecule has 1 saturated heterocycles. The Morgan fingerprint density at radius 2 is 1.70 bits per heavy atom. The first-order chi connectivity index (χ1) is 14.6. The molecule has 0 unspecified atom stereocenters. The molecule has 2 aromatic carbocycles. The molecule has 0 amide bonds. The molecule has 158 valence electrons. The number of aliphatic hydroxyl groups excluding tert-OH is 1. The fourth-order valence-corrected chi connectivity index (χ4v) is 4.71. The van der Waals surface area contributed by atoms with E-state index in [1.54, 1.807) is 27.4 Å². The molecule has 0 aromatic heterocycles. The van der Waals surface area contributed by atoms with Gasteiger partial charge >= 0.3 is 5.97 Å². The second kappa shape index (κ2) is 6.98. The van der Waals surface area contributed by atoms with E-state index in [0.29, 0.717) is 46.3 Å². The molecule has 0 spiro atoms. The molecule has 0 bridgehead atoms. The number of aliphatic hydroxyl groups is 1. The van der Waals surface area contributed by atoms with E-state index >= 15 is 0 Å². The van der Waals surface area contributed by atoms with Crippen LogP contribution >= 0.6 is 0 Å². The van der Waals surface area contributed by atoms with Crippen LogP contribution in [0.15, 0.2) is 18.2 Å². The number of ether oxygens (including phenoxy) is 6. The van der Waals surface area contributed by atoms with Crippen LogP contribution in [0.1, 0.15) is 17.2 Å². The molecule has 1 N–H and O–H groups in total. The average molecular weight is 414 g/mol. The Labute approximate surface area is 173 Å². The monoisotopic (exact) mass is 414 g/mol.